The molecule has 1 aromatic rings. The zero-order chi connectivity index (χ0) is 13.9. The summed E-state index contributed by atoms with van der Waals surface area (Å²) in [6.07, 6.45) is 5.73. The number of nitrogens with zero attached hydrogens (tertiary/aromatic N) is 3. The zero-order valence-corrected chi connectivity index (χ0v) is 10.9. The van der Waals surface area contributed by atoms with E-state index in [0.29, 0.717) is 17.9 Å². The minimum Gasteiger partial charge on any atom is -0.504 e. The van der Waals surface area contributed by atoms with E-state index in [2.05, 4.69) is 20.8 Å². The molecule has 1 atom stereocenters. The van der Waals surface area contributed by atoms with Crippen LogP contribution in [0.2, 0.25) is 0 Å². The van der Waals surface area contributed by atoms with Crippen molar-refractivity contribution in [2.24, 2.45) is 15.3 Å². The van der Waals surface area contributed by atoms with Gasteiger partial charge in [-0.1, -0.05) is 23.4 Å². The highest BCUT2D eigenvalue weighted by Crippen LogP contribution is 2.30. The quantitative estimate of drug-likeness (QED) is 0.883. The number of aromatic hydroxyl groups is 1. The van der Waals surface area contributed by atoms with Crippen molar-refractivity contribution < 1.29 is 9.84 Å². The maximum Gasteiger partial charge on any atom is 0.162 e. The third-order valence-corrected chi connectivity index (χ3v) is 3.20. The van der Waals surface area contributed by atoms with Crippen molar-refractivity contribution in [3.05, 3.63) is 47.7 Å². The van der Waals surface area contributed by atoms with Gasteiger partial charge >= 0.3 is 0 Å². The molecule has 1 aromatic carbocycles. The van der Waals surface area contributed by atoms with Gasteiger partial charge in [0.2, 0.25) is 0 Å². The molecule has 0 radical (unpaired) electrons. The first-order valence-electron chi connectivity index (χ1n) is 6.23. The maximum atomic E-state index is 10.0. The van der Waals surface area contributed by atoms with E-state index >= 15 is 0 Å². The summed E-state index contributed by atoms with van der Waals surface area (Å²) in [5.74, 6) is 0.575. The van der Waals surface area contributed by atoms with Gasteiger partial charge in [-0.15, -0.1) is 0 Å². The van der Waals surface area contributed by atoms with Gasteiger partial charge in [0.05, 0.1) is 25.1 Å². The second-order valence-electron chi connectivity index (χ2n) is 4.42. The number of ether oxygens (including phenoxy) is 1. The fourth-order valence-corrected chi connectivity index (χ4v) is 2.13. The predicted molar refractivity (Wildman–Crippen MR) is 74.8 cm³/mol. The molecule has 20 heavy (non-hydrogen) atoms. The molecule has 0 unspecified atom stereocenters. The van der Waals surface area contributed by atoms with E-state index in [0.717, 1.165) is 11.4 Å². The van der Waals surface area contributed by atoms with Crippen LogP contribution in [-0.2, 0) is 6.54 Å². The molecule has 2 aliphatic rings. The fraction of sp³-hybridized carbons (Fsp3) is 0.214. The first-order valence-corrected chi connectivity index (χ1v) is 6.23. The number of allylic oxidation sites excluding steroid dienone is 2. The summed E-state index contributed by atoms with van der Waals surface area (Å²) in [7, 11) is 1.52. The summed E-state index contributed by atoms with van der Waals surface area (Å²) in [6, 6.07) is 5.20. The largest absolute Gasteiger partial charge is 0.504 e. The van der Waals surface area contributed by atoms with Crippen LogP contribution in [0.5, 0.6) is 11.5 Å². The molecule has 0 amide bonds. The lowest BCUT2D eigenvalue weighted by molar-refractivity contribution is 0.370. The van der Waals surface area contributed by atoms with Gasteiger partial charge in [0, 0.05) is 5.56 Å². The van der Waals surface area contributed by atoms with Crippen molar-refractivity contribution >= 4 is 5.71 Å². The molecular weight excluding hydrogens is 256 g/mol. The molecule has 1 aliphatic carbocycles. The Balaban J connectivity index is 1.83. The number of hydrogen-bond acceptors (Lipinski definition) is 6. The topological polar surface area (TPSA) is 78.6 Å². The average molecular weight is 270 g/mol. The Kier molecular flexibility index (Phi) is 3.20. The standard InChI is InChI=1S/C14H14N4O2/c1-20-12-7-2-4-9(14(12)19)8-15-10-5-3-6-11-13(10)17-18-16-11/h2-7,13,19H,8H2,1H3,(H,16,17)/t13-/m0/s1. The number of hydrogen-bond donors (Lipinski definition) is 2. The number of phenols is 1. The van der Waals surface area contributed by atoms with E-state index in [1.165, 1.54) is 7.11 Å². The number of benzene rings is 1. The molecule has 0 saturated heterocycles. The summed E-state index contributed by atoms with van der Waals surface area (Å²) in [5, 5.41) is 17.9. The summed E-state index contributed by atoms with van der Waals surface area (Å²) in [4.78, 5) is 4.51. The number of rotatable bonds is 3. The normalized spacial score (nSPS) is 21.6. The van der Waals surface area contributed by atoms with E-state index in [1.807, 2.05) is 30.4 Å². The van der Waals surface area contributed by atoms with E-state index in [-0.39, 0.29) is 11.8 Å². The molecule has 3 rings (SSSR count). The predicted octanol–water partition coefficient (Wildman–Crippen LogP) is 2.13. The van der Waals surface area contributed by atoms with Gasteiger partial charge in [-0.05, 0) is 18.2 Å². The summed E-state index contributed by atoms with van der Waals surface area (Å²) in [6.45, 7) is 0.363. The lowest BCUT2D eigenvalue weighted by atomic mass is 10.0. The number of nitrogens with one attached hydrogen (secondary N) is 1. The van der Waals surface area contributed by atoms with E-state index in [4.69, 9.17) is 4.74 Å². The van der Waals surface area contributed by atoms with Crippen molar-refractivity contribution in [1.29, 1.82) is 0 Å². The minimum atomic E-state index is -0.159. The number of phenolic OH excluding ortho intramolecular Hbond substituents is 1. The fourth-order valence-electron chi connectivity index (χ4n) is 2.13. The lowest BCUT2D eigenvalue weighted by Gasteiger charge is -2.12. The van der Waals surface area contributed by atoms with Crippen molar-refractivity contribution in [3.8, 4) is 11.5 Å². The highest BCUT2D eigenvalue weighted by Gasteiger charge is 2.24. The van der Waals surface area contributed by atoms with E-state index in [9.17, 15) is 5.11 Å². The van der Waals surface area contributed by atoms with Crippen LogP contribution in [0, 0.1) is 0 Å². The monoisotopic (exact) mass is 270 g/mol. The van der Waals surface area contributed by atoms with Crippen molar-refractivity contribution in [2.45, 2.75) is 12.6 Å². The molecule has 0 bridgehead atoms. The van der Waals surface area contributed by atoms with Crippen LogP contribution in [0.3, 0.4) is 0 Å². The molecule has 0 spiro atoms. The molecule has 0 aromatic heterocycles. The number of aliphatic imine (C=N–C) groups is 1. The van der Waals surface area contributed by atoms with E-state index < -0.39 is 0 Å². The molecule has 0 saturated carbocycles. The maximum absolute atomic E-state index is 10.0. The number of methoxy groups -OCH3 is 1. The van der Waals surface area contributed by atoms with Crippen molar-refractivity contribution in [2.75, 3.05) is 7.11 Å². The first kappa shape index (κ1) is 12.4. The average Bonchev–Trinajstić information content (AvgIpc) is 2.95. The van der Waals surface area contributed by atoms with Crippen LogP contribution in [0.1, 0.15) is 5.56 Å². The molecule has 6 nitrogen and oxygen atoms in total. The SMILES string of the molecule is COc1cccc(CN=C2C=CC=C3NN=N[C@H]32)c1O. The van der Waals surface area contributed by atoms with Crippen LogP contribution in [0.4, 0.5) is 0 Å². The number of para-hydroxylation sites is 1. The molecule has 0 fully saturated rings. The smallest absolute Gasteiger partial charge is 0.162 e. The Morgan fingerprint density at radius 2 is 2.35 bits per heavy atom. The summed E-state index contributed by atoms with van der Waals surface area (Å²) >= 11 is 0. The van der Waals surface area contributed by atoms with Gasteiger partial charge in [0.1, 0.15) is 0 Å². The third-order valence-electron chi connectivity index (χ3n) is 3.20. The Morgan fingerprint density at radius 3 is 3.20 bits per heavy atom. The van der Waals surface area contributed by atoms with Gasteiger partial charge in [-0.2, -0.15) is 5.11 Å². The van der Waals surface area contributed by atoms with Gasteiger partial charge in [0.25, 0.3) is 0 Å². The molecule has 1 heterocycles. The van der Waals surface area contributed by atoms with Crippen LogP contribution in [-0.4, -0.2) is 24.0 Å². The highest BCUT2D eigenvalue weighted by atomic mass is 16.5. The third kappa shape index (κ3) is 2.16. The lowest BCUT2D eigenvalue weighted by Crippen LogP contribution is -2.22. The Labute approximate surface area is 116 Å². The summed E-state index contributed by atoms with van der Waals surface area (Å²) in [5.41, 5.74) is 5.28. The molecule has 2 N–H and O–H groups in total. The summed E-state index contributed by atoms with van der Waals surface area (Å²) < 4.78 is 5.08. The molecule has 102 valence electrons. The number of fused-ring (bicyclic) bond motifs is 1. The Hall–Kier alpha value is -2.63. The second kappa shape index (κ2) is 5.16. The Morgan fingerprint density at radius 1 is 1.45 bits per heavy atom. The van der Waals surface area contributed by atoms with Gasteiger partial charge in [-0.3, -0.25) is 10.4 Å². The minimum absolute atomic E-state index is 0.126. The van der Waals surface area contributed by atoms with Crippen LogP contribution in [0.15, 0.2) is 57.5 Å². The van der Waals surface area contributed by atoms with Gasteiger partial charge in [0.15, 0.2) is 17.5 Å². The van der Waals surface area contributed by atoms with Crippen LogP contribution < -0.4 is 10.2 Å². The Bertz CT molecular complexity index is 647. The van der Waals surface area contributed by atoms with Crippen LogP contribution in [0.25, 0.3) is 0 Å². The highest BCUT2D eigenvalue weighted by molar-refractivity contribution is 6.03. The molecular formula is C14H14N4O2. The second-order valence-corrected chi connectivity index (χ2v) is 4.42. The van der Waals surface area contributed by atoms with E-state index in [1.54, 1.807) is 6.07 Å². The van der Waals surface area contributed by atoms with Crippen LogP contribution >= 0.6 is 0 Å². The first-order chi connectivity index (χ1) is 9.79. The molecule has 6 heteroatoms. The van der Waals surface area contributed by atoms with Gasteiger partial charge < -0.3 is 9.84 Å². The zero-order valence-electron chi connectivity index (χ0n) is 10.9. The van der Waals surface area contributed by atoms with Gasteiger partial charge in [-0.25, -0.2) is 0 Å². The molecule has 1 aliphatic heterocycles. The van der Waals surface area contributed by atoms with Crippen molar-refractivity contribution in [1.82, 2.24) is 5.43 Å². The van der Waals surface area contributed by atoms with Crippen molar-refractivity contribution in [3.63, 3.8) is 0 Å².